The van der Waals surface area contributed by atoms with E-state index >= 15 is 0 Å². The van der Waals surface area contributed by atoms with Crippen molar-refractivity contribution in [2.75, 3.05) is 39.6 Å². The molecule has 0 spiro atoms. The van der Waals surface area contributed by atoms with Crippen LogP contribution in [-0.2, 0) is 65.4 Å². The van der Waals surface area contributed by atoms with Crippen molar-refractivity contribution in [2.45, 2.75) is 368 Å². The first kappa shape index (κ1) is 85.1. The molecule has 87 heavy (non-hydrogen) atoms. The van der Waals surface area contributed by atoms with Crippen molar-refractivity contribution in [3.05, 3.63) is 0 Å². The molecule has 0 saturated heterocycles. The van der Waals surface area contributed by atoms with Crippen molar-refractivity contribution in [2.24, 2.45) is 5.92 Å². The maximum atomic E-state index is 13.0. The zero-order valence-corrected chi connectivity index (χ0v) is 57.9. The van der Waals surface area contributed by atoms with E-state index in [-0.39, 0.29) is 25.7 Å². The van der Waals surface area contributed by atoms with Crippen LogP contribution in [0.1, 0.15) is 349 Å². The smallest absolute Gasteiger partial charge is 0.462 e. The molecule has 0 aliphatic heterocycles. The number of carbonyl (C=O) groups excluding carboxylic acids is 4. The summed E-state index contributed by atoms with van der Waals surface area (Å²) < 4.78 is 67.9. The summed E-state index contributed by atoms with van der Waals surface area (Å²) in [5.41, 5.74) is 0. The number of phosphoric acid groups is 2. The fourth-order valence-electron chi connectivity index (χ4n) is 10.3. The monoisotopic (exact) mass is 1280 g/mol. The van der Waals surface area contributed by atoms with E-state index < -0.39 is 97.5 Å². The van der Waals surface area contributed by atoms with Crippen LogP contribution in [-0.4, -0.2) is 96.7 Å². The largest absolute Gasteiger partial charge is 0.472 e. The summed E-state index contributed by atoms with van der Waals surface area (Å²) in [5.74, 6) is -1.26. The van der Waals surface area contributed by atoms with Crippen molar-refractivity contribution in [3.63, 3.8) is 0 Å². The molecule has 6 atom stereocenters. The zero-order chi connectivity index (χ0) is 64.2. The molecular formula is C68H132O17P2. The van der Waals surface area contributed by atoms with Gasteiger partial charge in [0, 0.05) is 25.7 Å². The Morgan fingerprint density at radius 1 is 0.322 bits per heavy atom. The van der Waals surface area contributed by atoms with Crippen LogP contribution in [0.4, 0.5) is 0 Å². The lowest BCUT2D eigenvalue weighted by atomic mass is 9.99. The molecule has 0 aromatic carbocycles. The number of aliphatic hydroxyl groups is 1. The number of hydrogen-bond donors (Lipinski definition) is 3. The number of aliphatic hydroxyl groups excluding tert-OH is 1. The van der Waals surface area contributed by atoms with Gasteiger partial charge in [-0.2, -0.15) is 0 Å². The normalized spacial score (nSPS) is 14.4. The van der Waals surface area contributed by atoms with E-state index in [0.717, 1.165) is 115 Å². The minimum Gasteiger partial charge on any atom is -0.462 e. The van der Waals surface area contributed by atoms with Crippen molar-refractivity contribution < 1.29 is 80.2 Å². The lowest BCUT2D eigenvalue weighted by Crippen LogP contribution is -2.30. The summed E-state index contributed by atoms with van der Waals surface area (Å²) in [6, 6.07) is 0. The molecule has 516 valence electrons. The van der Waals surface area contributed by atoms with Gasteiger partial charge < -0.3 is 33.8 Å². The van der Waals surface area contributed by atoms with Crippen molar-refractivity contribution >= 4 is 39.5 Å². The summed E-state index contributed by atoms with van der Waals surface area (Å²) in [6.45, 7) is 7.21. The topological polar surface area (TPSA) is 237 Å². The molecule has 3 N–H and O–H groups in total. The van der Waals surface area contributed by atoms with Crippen molar-refractivity contribution in [3.8, 4) is 0 Å². The molecule has 0 fully saturated rings. The summed E-state index contributed by atoms with van der Waals surface area (Å²) in [5, 5.41) is 10.5. The zero-order valence-electron chi connectivity index (χ0n) is 56.2. The van der Waals surface area contributed by atoms with E-state index in [2.05, 4.69) is 34.6 Å². The van der Waals surface area contributed by atoms with Gasteiger partial charge in [-0.1, -0.05) is 298 Å². The van der Waals surface area contributed by atoms with Gasteiger partial charge in [0.15, 0.2) is 12.2 Å². The molecule has 0 aromatic heterocycles. The van der Waals surface area contributed by atoms with E-state index in [1.54, 1.807) is 0 Å². The Hall–Kier alpha value is -1.94. The van der Waals surface area contributed by atoms with Gasteiger partial charge in [-0.3, -0.25) is 37.3 Å². The SMILES string of the molecule is CCCCCCCCCCCCC(=O)OC[C@H](COP(=O)(O)OC[C@@H](O)COP(=O)(O)OC[C@@H](COC(=O)CCCCCCCCC)OC(=O)CCCCCCCCCC)OC(=O)CCCCCCCCCCCCCCCCCCCCC(C)CC. The van der Waals surface area contributed by atoms with Crippen LogP contribution in [0.15, 0.2) is 0 Å². The molecule has 0 rings (SSSR count). The highest BCUT2D eigenvalue weighted by Crippen LogP contribution is 2.45. The third-order valence-corrected chi connectivity index (χ3v) is 18.0. The minimum atomic E-state index is -4.95. The number of phosphoric ester groups is 2. The second kappa shape index (κ2) is 61.6. The van der Waals surface area contributed by atoms with E-state index in [1.807, 2.05) is 0 Å². The number of rotatable bonds is 68. The average Bonchev–Trinajstić information content (AvgIpc) is 3.65. The predicted molar refractivity (Wildman–Crippen MR) is 349 cm³/mol. The molecule has 0 bridgehead atoms. The average molecular weight is 1280 g/mol. The molecule has 0 radical (unpaired) electrons. The lowest BCUT2D eigenvalue weighted by Gasteiger charge is -2.21. The van der Waals surface area contributed by atoms with Gasteiger partial charge >= 0.3 is 39.5 Å². The third-order valence-electron chi connectivity index (χ3n) is 16.1. The fraction of sp³-hybridized carbons (Fsp3) is 0.941. The highest BCUT2D eigenvalue weighted by molar-refractivity contribution is 7.47. The highest BCUT2D eigenvalue weighted by Gasteiger charge is 2.30. The van der Waals surface area contributed by atoms with Crippen molar-refractivity contribution in [1.29, 1.82) is 0 Å². The van der Waals surface area contributed by atoms with E-state index in [9.17, 15) is 43.2 Å². The predicted octanol–water partition coefficient (Wildman–Crippen LogP) is 19.4. The molecular weight excluding hydrogens is 1150 g/mol. The summed E-state index contributed by atoms with van der Waals surface area (Å²) in [4.78, 5) is 72.1. The Morgan fingerprint density at radius 2 is 0.552 bits per heavy atom. The van der Waals surface area contributed by atoms with Crippen LogP contribution in [0.3, 0.4) is 0 Å². The highest BCUT2D eigenvalue weighted by atomic mass is 31.2. The molecule has 19 heteroatoms. The number of carbonyl (C=O) groups is 4. The lowest BCUT2D eigenvalue weighted by molar-refractivity contribution is -0.161. The van der Waals surface area contributed by atoms with Gasteiger partial charge in [0.2, 0.25) is 0 Å². The molecule has 0 amide bonds. The van der Waals surface area contributed by atoms with E-state index in [0.29, 0.717) is 25.7 Å². The van der Waals surface area contributed by atoms with Crippen molar-refractivity contribution in [1.82, 2.24) is 0 Å². The van der Waals surface area contributed by atoms with Gasteiger partial charge in [-0.25, -0.2) is 9.13 Å². The molecule has 3 unspecified atom stereocenters. The van der Waals surface area contributed by atoms with Crippen LogP contribution >= 0.6 is 15.6 Å². The Bertz CT molecular complexity index is 1690. The Morgan fingerprint density at radius 3 is 0.816 bits per heavy atom. The molecule has 17 nitrogen and oxygen atoms in total. The number of ether oxygens (including phenoxy) is 4. The van der Waals surface area contributed by atoms with Gasteiger partial charge in [-0.15, -0.1) is 0 Å². The van der Waals surface area contributed by atoms with Crippen LogP contribution in [0.5, 0.6) is 0 Å². The van der Waals surface area contributed by atoms with Crippen LogP contribution in [0, 0.1) is 5.92 Å². The van der Waals surface area contributed by atoms with E-state index in [4.69, 9.17) is 37.0 Å². The van der Waals surface area contributed by atoms with Crippen LogP contribution < -0.4 is 0 Å². The summed E-state index contributed by atoms with van der Waals surface area (Å²) >= 11 is 0. The minimum absolute atomic E-state index is 0.105. The Balaban J connectivity index is 5.07. The van der Waals surface area contributed by atoms with Gasteiger partial charge in [0.1, 0.15) is 19.3 Å². The second-order valence-electron chi connectivity index (χ2n) is 24.8. The maximum absolute atomic E-state index is 13.0. The fourth-order valence-corrected chi connectivity index (χ4v) is 11.8. The molecule has 0 saturated carbocycles. The molecule has 0 aliphatic rings. The van der Waals surface area contributed by atoms with Gasteiger partial charge in [0.25, 0.3) is 0 Å². The molecule has 0 aromatic rings. The first-order valence-electron chi connectivity index (χ1n) is 35.7. The first-order chi connectivity index (χ1) is 42.1. The van der Waals surface area contributed by atoms with Crippen LogP contribution in [0.2, 0.25) is 0 Å². The molecule has 0 heterocycles. The number of hydrogen-bond acceptors (Lipinski definition) is 15. The summed E-state index contributed by atoms with van der Waals surface area (Å²) in [7, 11) is -9.88. The second-order valence-corrected chi connectivity index (χ2v) is 27.7. The quantitative estimate of drug-likeness (QED) is 0.0222. The van der Waals surface area contributed by atoms with Gasteiger partial charge in [-0.05, 0) is 31.6 Å². The molecule has 0 aliphatic carbocycles. The first-order valence-corrected chi connectivity index (χ1v) is 38.7. The van der Waals surface area contributed by atoms with E-state index in [1.165, 1.54) is 154 Å². The standard InChI is InChI=1S/C68H132O17P2/c1-6-10-13-16-19-21-33-38-42-47-52-66(71)79-58-64(85-68(73)54-49-44-39-34-31-29-27-25-23-22-24-26-28-30-32-36-40-45-50-61(5)9-4)60-83-87(76,77)81-56-62(69)55-80-86(74,75)82-59-63(57-78-65(70)51-46-41-35-18-15-12-8-3)84-67(72)53-48-43-37-20-17-14-11-7-2/h61-64,69H,6-60H2,1-5H3,(H,74,75)(H,76,77)/t61?,62-,63+,64+/m0/s1. The number of esters is 4. The number of unbranched alkanes of at least 4 members (excludes halogenated alkanes) is 39. The Kier molecular flexibility index (Phi) is 60.2. The summed E-state index contributed by atoms with van der Waals surface area (Å²) in [6.07, 6.45) is 47.5. The van der Waals surface area contributed by atoms with Gasteiger partial charge in [0.05, 0.1) is 26.4 Å². The third kappa shape index (κ3) is 61.3. The Labute approximate surface area is 530 Å². The van der Waals surface area contributed by atoms with Crippen LogP contribution in [0.25, 0.3) is 0 Å². The maximum Gasteiger partial charge on any atom is 0.472 e.